The SMILES string of the molecule is COC(=O)c1ccc(NC(=O)c2c(C)c(-c3ccccc3)nc3ccc(C)cc23)c(F)c1. The zero-order chi connectivity index (χ0) is 22.8. The second kappa shape index (κ2) is 8.59. The Bertz CT molecular complexity index is 1350. The zero-order valence-electron chi connectivity index (χ0n) is 17.9. The van der Waals surface area contributed by atoms with Crippen molar-refractivity contribution in [3.05, 3.63) is 94.8 Å². The lowest BCUT2D eigenvalue weighted by Gasteiger charge is -2.16. The largest absolute Gasteiger partial charge is 0.465 e. The Morgan fingerprint density at radius 1 is 0.969 bits per heavy atom. The molecule has 160 valence electrons. The van der Waals surface area contributed by atoms with Crippen LogP contribution in [0.3, 0.4) is 0 Å². The molecule has 0 saturated heterocycles. The van der Waals surface area contributed by atoms with Crippen molar-refractivity contribution in [2.45, 2.75) is 13.8 Å². The van der Waals surface area contributed by atoms with Crippen molar-refractivity contribution >= 4 is 28.5 Å². The molecule has 0 aliphatic heterocycles. The number of fused-ring (bicyclic) bond motifs is 1. The number of halogens is 1. The van der Waals surface area contributed by atoms with Crippen molar-refractivity contribution in [1.29, 1.82) is 0 Å². The van der Waals surface area contributed by atoms with Gasteiger partial charge < -0.3 is 10.1 Å². The molecular weight excluding hydrogens is 407 g/mol. The third kappa shape index (κ3) is 3.95. The highest BCUT2D eigenvalue weighted by molar-refractivity contribution is 6.14. The maximum absolute atomic E-state index is 14.6. The lowest BCUT2D eigenvalue weighted by molar-refractivity contribution is 0.0600. The first-order chi connectivity index (χ1) is 15.4. The van der Waals surface area contributed by atoms with Crippen LogP contribution in [0, 0.1) is 19.7 Å². The normalized spacial score (nSPS) is 10.8. The number of ether oxygens (including phenoxy) is 1. The van der Waals surface area contributed by atoms with Crippen molar-refractivity contribution in [3.63, 3.8) is 0 Å². The van der Waals surface area contributed by atoms with Crippen molar-refractivity contribution in [3.8, 4) is 11.3 Å². The number of aryl methyl sites for hydroxylation is 1. The summed E-state index contributed by atoms with van der Waals surface area (Å²) < 4.78 is 19.2. The Hall–Kier alpha value is -4.06. The van der Waals surface area contributed by atoms with Crippen LogP contribution >= 0.6 is 0 Å². The average molecular weight is 428 g/mol. The quantitative estimate of drug-likeness (QED) is 0.424. The van der Waals surface area contributed by atoms with E-state index in [9.17, 15) is 14.0 Å². The number of hydrogen-bond donors (Lipinski definition) is 1. The second-order valence-electron chi connectivity index (χ2n) is 7.49. The van der Waals surface area contributed by atoms with Crippen LogP contribution in [-0.4, -0.2) is 24.0 Å². The third-order valence-electron chi connectivity index (χ3n) is 5.30. The van der Waals surface area contributed by atoms with Gasteiger partial charge in [-0.3, -0.25) is 4.79 Å². The Balaban J connectivity index is 1.82. The number of benzene rings is 3. The molecule has 5 nitrogen and oxygen atoms in total. The van der Waals surface area contributed by atoms with Crippen LogP contribution in [0.25, 0.3) is 22.2 Å². The van der Waals surface area contributed by atoms with Gasteiger partial charge in [-0.2, -0.15) is 0 Å². The molecule has 6 heteroatoms. The first-order valence-corrected chi connectivity index (χ1v) is 10.0. The van der Waals surface area contributed by atoms with Gasteiger partial charge in [-0.05, 0) is 49.7 Å². The van der Waals surface area contributed by atoms with E-state index >= 15 is 0 Å². The highest BCUT2D eigenvalue weighted by Gasteiger charge is 2.20. The van der Waals surface area contributed by atoms with Gasteiger partial charge in [0.1, 0.15) is 5.82 Å². The number of rotatable bonds is 4. The van der Waals surface area contributed by atoms with Crippen molar-refractivity contribution in [2.24, 2.45) is 0 Å². The van der Waals surface area contributed by atoms with Crippen molar-refractivity contribution in [1.82, 2.24) is 4.98 Å². The maximum Gasteiger partial charge on any atom is 0.337 e. The van der Waals surface area contributed by atoms with Crippen LogP contribution in [0.15, 0.2) is 66.7 Å². The van der Waals surface area contributed by atoms with Gasteiger partial charge in [-0.1, -0.05) is 42.0 Å². The Morgan fingerprint density at radius 2 is 1.72 bits per heavy atom. The Labute approximate surface area is 184 Å². The number of carbonyl (C=O) groups is 2. The first kappa shape index (κ1) is 21.2. The van der Waals surface area contributed by atoms with Crippen molar-refractivity contribution in [2.75, 3.05) is 12.4 Å². The number of aromatic nitrogens is 1. The molecule has 1 amide bonds. The minimum atomic E-state index is -0.725. The van der Waals surface area contributed by atoms with Crippen LogP contribution < -0.4 is 5.32 Å². The monoisotopic (exact) mass is 428 g/mol. The molecule has 0 aliphatic carbocycles. The fourth-order valence-corrected chi connectivity index (χ4v) is 3.69. The van der Waals surface area contributed by atoms with Gasteiger partial charge >= 0.3 is 5.97 Å². The summed E-state index contributed by atoms with van der Waals surface area (Å²) in [6.45, 7) is 3.77. The molecule has 1 heterocycles. The van der Waals surface area contributed by atoms with E-state index in [2.05, 4.69) is 10.1 Å². The van der Waals surface area contributed by atoms with E-state index < -0.39 is 17.7 Å². The first-order valence-electron chi connectivity index (χ1n) is 10.0. The molecule has 4 aromatic rings. The summed E-state index contributed by atoms with van der Waals surface area (Å²) in [4.78, 5) is 29.8. The van der Waals surface area contributed by atoms with E-state index in [4.69, 9.17) is 4.98 Å². The summed E-state index contributed by atoms with van der Waals surface area (Å²) in [5.41, 5.74) is 4.38. The number of amides is 1. The highest BCUT2D eigenvalue weighted by Crippen LogP contribution is 2.31. The number of hydrogen-bond acceptors (Lipinski definition) is 4. The molecule has 0 radical (unpaired) electrons. The minimum Gasteiger partial charge on any atom is -0.465 e. The fraction of sp³-hybridized carbons (Fsp3) is 0.115. The van der Waals surface area contributed by atoms with E-state index in [1.165, 1.54) is 19.2 Å². The van der Waals surface area contributed by atoms with Gasteiger partial charge in [-0.25, -0.2) is 14.2 Å². The number of carbonyl (C=O) groups excluding carboxylic acids is 2. The lowest BCUT2D eigenvalue weighted by atomic mass is 9.96. The molecule has 0 saturated carbocycles. The van der Waals surface area contributed by atoms with Crippen LogP contribution in [0.2, 0.25) is 0 Å². The predicted molar refractivity (Wildman–Crippen MR) is 122 cm³/mol. The van der Waals surface area contributed by atoms with Crippen LogP contribution in [0.4, 0.5) is 10.1 Å². The Morgan fingerprint density at radius 3 is 2.41 bits per heavy atom. The molecule has 0 bridgehead atoms. The van der Waals surface area contributed by atoms with Crippen LogP contribution in [0.1, 0.15) is 31.8 Å². The molecule has 3 aromatic carbocycles. The summed E-state index contributed by atoms with van der Waals surface area (Å²) in [5.74, 6) is -1.83. The smallest absolute Gasteiger partial charge is 0.337 e. The van der Waals surface area contributed by atoms with E-state index in [1.807, 2.05) is 62.4 Å². The molecule has 0 aliphatic rings. The zero-order valence-corrected chi connectivity index (χ0v) is 17.9. The van der Waals surface area contributed by atoms with E-state index in [0.29, 0.717) is 27.7 Å². The van der Waals surface area contributed by atoms with Crippen LogP contribution in [-0.2, 0) is 4.74 Å². The highest BCUT2D eigenvalue weighted by atomic mass is 19.1. The van der Waals surface area contributed by atoms with Gasteiger partial charge in [0.25, 0.3) is 5.91 Å². The molecule has 0 spiro atoms. The summed E-state index contributed by atoms with van der Waals surface area (Å²) >= 11 is 0. The number of esters is 1. The van der Waals surface area contributed by atoms with E-state index in [-0.39, 0.29) is 11.3 Å². The van der Waals surface area contributed by atoms with Gasteiger partial charge in [0, 0.05) is 10.9 Å². The number of anilines is 1. The van der Waals surface area contributed by atoms with Crippen molar-refractivity contribution < 1.29 is 18.7 Å². The minimum absolute atomic E-state index is 0.0269. The molecule has 0 atom stereocenters. The summed E-state index contributed by atoms with van der Waals surface area (Å²) in [7, 11) is 1.22. The van der Waals surface area contributed by atoms with Gasteiger partial charge in [0.15, 0.2) is 0 Å². The summed E-state index contributed by atoms with van der Waals surface area (Å²) in [6, 6.07) is 19.1. The maximum atomic E-state index is 14.6. The van der Waals surface area contributed by atoms with E-state index in [1.54, 1.807) is 0 Å². The summed E-state index contributed by atoms with van der Waals surface area (Å²) in [6.07, 6.45) is 0. The third-order valence-corrected chi connectivity index (χ3v) is 5.30. The lowest BCUT2D eigenvalue weighted by Crippen LogP contribution is -2.16. The molecule has 0 unspecified atom stereocenters. The van der Waals surface area contributed by atoms with Gasteiger partial charge in [0.05, 0.1) is 35.1 Å². The average Bonchev–Trinajstić information content (AvgIpc) is 2.80. The van der Waals surface area contributed by atoms with Crippen LogP contribution in [0.5, 0.6) is 0 Å². The van der Waals surface area contributed by atoms with E-state index in [0.717, 1.165) is 17.2 Å². The summed E-state index contributed by atoms with van der Waals surface area (Å²) in [5, 5.41) is 3.33. The topological polar surface area (TPSA) is 68.3 Å². The number of nitrogens with zero attached hydrogens (tertiary/aromatic N) is 1. The molecule has 0 fully saturated rings. The number of methoxy groups -OCH3 is 1. The standard InChI is InChI=1S/C26H21FN2O3/c1-15-9-11-21-19(13-15)23(16(2)24(28-21)17-7-5-4-6-8-17)25(30)29-22-12-10-18(14-20(22)27)26(31)32-3/h4-14H,1-3H3,(H,29,30). The van der Waals surface area contributed by atoms with Gasteiger partial charge in [0.2, 0.25) is 0 Å². The second-order valence-corrected chi connectivity index (χ2v) is 7.49. The molecule has 1 aromatic heterocycles. The fourth-order valence-electron chi connectivity index (χ4n) is 3.69. The molecule has 32 heavy (non-hydrogen) atoms. The Kier molecular flexibility index (Phi) is 5.69. The molecule has 4 rings (SSSR count). The molecule has 1 N–H and O–H groups in total. The number of nitrogens with one attached hydrogen (secondary N) is 1. The molecular formula is C26H21FN2O3. The predicted octanol–water partition coefficient (Wildman–Crippen LogP) is 5.70. The van der Waals surface area contributed by atoms with Gasteiger partial charge in [-0.15, -0.1) is 0 Å². The number of pyridine rings is 1.